The number of alkyl halides is 2. The maximum atomic E-state index is 12.2. The molecule has 0 radical (unpaired) electrons. The molecule has 2 N–H and O–H groups in total. The van der Waals surface area contributed by atoms with Crippen molar-refractivity contribution in [2.24, 2.45) is 0 Å². The van der Waals surface area contributed by atoms with E-state index in [1.807, 2.05) is 6.07 Å². The summed E-state index contributed by atoms with van der Waals surface area (Å²) in [4.78, 5) is 12.2. The molecule has 0 fully saturated rings. The molecular formula is C14H13F2N5OS. The molecule has 9 heteroatoms. The van der Waals surface area contributed by atoms with Crippen LogP contribution in [0.1, 0.15) is 6.42 Å². The Morgan fingerprint density at radius 3 is 2.70 bits per heavy atom. The monoisotopic (exact) mass is 337 g/mol. The molecule has 2 amide bonds. The van der Waals surface area contributed by atoms with Crippen LogP contribution in [0.5, 0.6) is 0 Å². The lowest BCUT2D eigenvalue weighted by Gasteiger charge is -2.06. The molecule has 0 spiro atoms. The van der Waals surface area contributed by atoms with Gasteiger partial charge in [0.25, 0.3) is 5.76 Å². The minimum atomic E-state index is -2.48. The summed E-state index contributed by atoms with van der Waals surface area (Å²) in [6.45, 7) is 0.447. The topological polar surface area (TPSA) is 82.7 Å². The Balaban J connectivity index is 1.87. The van der Waals surface area contributed by atoms with Crippen LogP contribution in [0.25, 0.3) is 0 Å². The molecule has 1 aromatic heterocycles. The number of rotatable bonds is 6. The van der Waals surface area contributed by atoms with Crippen LogP contribution in [0.15, 0.2) is 41.4 Å². The Bertz CT molecular complexity index is 696. The van der Waals surface area contributed by atoms with Gasteiger partial charge in [0, 0.05) is 22.8 Å². The number of nitrogens with zero attached hydrogens (tertiary/aromatic N) is 3. The van der Waals surface area contributed by atoms with Gasteiger partial charge in [0.15, 0.2) is 5.82 Å². The lowest BCUT2D eigenvalue weighted by molar-refractivity contribution is 0.252. The molecule has 2 rings (SSSR count). The first-order valence-corrected chi connectivity index (χ1v) is 7.48. The Labute approximate surface area is 135 Å². The third kappa shape index (κ3) is 5.60. The van der Waals surface area contributed by atoms with Crippen molar-refractivity contribution in [3.8, 4) is 6.07 Å². The zero-order valence-electron chi connectivity index (χ0n) is 11.9. The van der Waals surface area contributed by atoms with E-state index < -0.39 is 11.8 Å². The molecule has 0 bridgehead atoms. The standard InChI is InChI=1S/C14H13F2N5OS/c15-13(16)23-11-4-2-10(3-5-11)18-14(22)19-12-6-9-21(20-12)8-1-7-17/h2-6,9,13H,1,8H2,(H2,18,19,20,22). The molecule has 2 aromatic rings. The number of halogens is 2. The number of hydrogen-bond donors (Lipinski definition) is 2. The molecule has 120 valence electrons. The van der Waals surface area contributed by atoms with Gasteiger partial charge in [-0.1, -0.05) is 11.8 Å². The van der Waals surface area contributed by atoms with E-state index in [9.17, 15) is 13.6 Å². The molecular weight excluding hydrogens is 324 g/mol. The second-order valence-corrected chi connectivity index (χ2v) is 5.42. The molecule has 0 unspecified atom stereocenters. The fraction of sp³-hybridized carbons (Fsp3) is 0.214. The van der Waals surface area contributed by atoms with Gasteiger partial charge in [-0.25, -0.2) is 4.79 Å². The van der Waals surface area contributed by atoms with Crippen molar-refractivity contribution < 1.29 is 13.6 Å². The second-order valence-electron chi connectivity index (χ2n) is 4.35. The smallest absolute Gasteiger partial charge is 0.308 e. The second kappa shape index (κ2) is 8.14. The number of nitrogens with one attached hydrogen (secondary N) is 2. The molecule has 0 saturated heterocycles. The Morgan fingerprint density at radius 2 is 2.04 bits per heavy atom. The summed E-state index contributed by atoms with van der Waals surface area (Å²) in [5.74, 6) is -2.13. The summed E-state index contributed by atoms with van der Waals surface area (Å²) in [5.41, 5.74) is 0.477. The van der Waals surface area contributed by atoms with Crippen LogP contribution in [0.2, 0.25) is 0 Å². The quantitative estimate of drug-likeness (QED) is 0.786. The Kier molecular flexibility index (Phi) is 5.94. The molecule has 23 heavy (non-hydrogen) atoms. The van der Waals surface area contributed by atoms with Gasteiger partial charge in [-0.2, -0.15) is 19.1 Å². The van der Waals surface area contributed by atoms with Gasteiger partial charge >= 0.3 is 6.03 Å². The number of aryl methyl sites for hydroxylation is 1. The zero-order chi connectivity index (χ0) is 16.7. The van der Waals surface area contributed by atoms with E-state index in [2.05, 4.69) is 15.7 Å². The number of nitriles is 1. The van der Waals surface area contributed by atoms with E-state index in [-0.39, 0.29) is 0 Å². The van der Waals surface area contributed by atoms with Gasteiger partial charge in [0.05, 0.1) is 19.0 Å². The fourth-order valence-electron chi connectivity index (χ4n) is 1.72. The van der Waals surface area contributed by atoms with Crippen LogP contribution in [-0.4, -0.2) is 21.6 Å². The van der Waals surface area contributed by atoms with Crippen molar-refractivity contribution >= 4 is 29.3 Å². The number of carbonyl (C=O) groups excluding carboxylic acids is 1. The van der Waals surface area contributed by atoms with E-state index in [1.54, 1.807) is 16.9 Å². The van der Waals surface area contributed by atoms with E-state index in [4.69, 9.17) is 5.26 Å². The van der Waals surface area contributed by atoms with Crippen molar-refractivity contribution in [3.63, 3.8) is 0 Å². The molecule has 6 nitrogen and oxygen atoms in total. The van der Waals surface area contributed by atoms with E-state index in [1.165, 1.54) is 24.3 Å². The Morgan fingerprint density at radius 1 is 1.30 bits per heavy atom. The summed E-state index contributed by atoms with van der Waals surface area (Å²) in [5, 5.41) is 17.7. The molecule has 0 aliphatic rings. The summed E-state index contributed by atoms with van der Waals surface area (Å²) in [7, 11) is 0. The normalized spacial score (nSPS) is 10.3. The van der Waals surface area contributed by atoms with Crippen LogP contribution in [-0.2, 0) is 6.54 Å². The number of aromatic nitrogens is 2. The summed E-state index contributed by atoms with van der Waals surface area (Å²) < 4.78 is 26.0. The number of amides is 2. The maximum absolute atomic E-state index is 12.2. The van der Waals surface area contributed by atoms with Gasteiger partial charge < -0.3 is 5.32 Å². The van der Waals surface area contributed by atoms with Crippen LogP contribution < -0.4 is 10.6 Å². The van der Waals surface area contributed by atoms with Crippen LogP contribution in [0.4, 0.5) is 25.1 Å². The number of carbonyl (C=O) groups is 1. The highest BCUT2D eigenvalue weighted by molar-refractivity contribution is 7.99. The first-order valence-electron chi connectivity index (χ1n) is 6.60. The van der Waals surface area contributed by atoms with Gasteiger partial charge in [-0.3, -0.25) is 10.00 Å². The zero-order valence-corrected chi connectivity index (χ0v) is 12.7. The lowest BCUT2D eigenvalue weighted by Crippen LogP contribution is -2.19. The van der Waals surface area contributed by atoms with Crippen LogP contribution in [0.3, 0.4) is 0 Å². The average molecular weight is 337 g/mol. The highest BCUT2D eigenvalue weighted by Crippen LogP contribution is 2.26. The summed E-state index contributed by atoms with van der Waals surface area (Å²) in [6, 6.07) is 9.20. The molecule has 1 aromatic carbocycles. The van der Waals surface area contributed by atoms with Crippen molar-refractivity contribution in [1.29, 1.82) is 5.26 Å². The summed E-state index contributed by atoms with van der Waals surface area (Å²) in [6.07, 6.45) is 1.99. The van der Waals surface area contributed by atoms with Crippen molar-refractivity contribution in [2.45, 2.75) is 23.6 Å². The van der Waals surface area contributed by atoms with Gasteiger partial charge in [0.2, 0.25) is 0 Å². The van der Waals surface area contributed by atoms with Gasteiger partial charge in [-0.15, -0.1) is 0 Å². The predicted octanol–water partition coefficient (Wildman–Crippen LogP) is 3.76. The third-order valence-corrected chi connectivity index (χ3v) is 3.39. The summed E-state index contributed by atoms with van der Waals surface area (Å²) >= 11 is 0.440. The highest BCUT2D eigenvalue weighted by Gasteiger charge is 2.07. The highest BCUT2D eigenvalue weighted by atomic mass is 32.2. The molecule has 0 aliphatic heterocycles. The van der Waals surface area contributed by atoms with Crippen LogP contribution >= 0.6 is 11.8 Å². The van der Waals surface area contributed by atoms with E-state index in [0.717, 1.165) is 0 Å². The Hall–Kier alpha value is -2.60. The van der Waals surface area contributed by atoms with Crippen molar-refractivity contribution in [1.82, 2.24) is 9.78 Å². The van der Waals surface area contributed by atoms with Crippen molar-refractivity contribution in [2.75, 3.05) is 10.6 Å². The van der Waals surface area contributed by atoms with E-state index >= 15 is 0 Å². The predicted molar refractivity (Wildman–Crippen MR) is 83.4 cm³/mol. The largest absolute Gasteiger partial charge is 0.324 e. The van der Waals surface area contributed by atoms with Gasteiger partial charge in [-0.05, 0) is 24.3 Å². The maximum Gasteiger partial charge on any atom is 0.324 e. The lowest BCUT2D eigenvalue weighted by atomic mass is 10.3. The molecule has 0 aliphatic carbocycles. The first kappa shape index (κ1) is 16.8. The first-order chi connectivity index (χ1) is 11.1. The molecule has 1 heterocycles. The third-order valence-electron chi connectivity index (χ3n) is 2.67. The van der Waals surface area contributed by atoms with E-state index in [0.29, 0.717) is 41.1 Å². The van der Waals surface area contributed by atoms with Gasteiger partial charge in [0.1, 0.15) is 0 Å². The number of benzene rings is 1. The minimum Gasteiger partial charge on any atom is -0.308 e. The van der Waals surface area contributed by atoms with Crippen LogP contribution in [0, 0.1) is 11.3 Å². The number of urea groups is 1. The number of anilines is 2. The average Bonchev–Trinajstić information content (AvgIpc) is 2.94. The number of hydrogen-bond acceptors (Lipinski definition) is 4. The van der Waals surface area contributed by atoms with Crippen molar-refractivity contribution in [3.05, 3.63) is 36.5 Å². The molecule has 0 atom stereocenters. The fourth-order valence-corrected chi connectivity index (χ4v) is 2.21. The SMILES string of the molecule is N#CCCn1ccc(NC(=O)Nc2ccc(SC(F)F)cc2)n1. The molecule has 0 saturated carbocycles. The minimum absolute atomic E-state index is 0.330. The number of thioether (sulfide) groups is 1.